The second kappa shape index (κ2) is 6.79. The average Bonchev–Trinajstić information content (AvgIpc) is 2.82. The minimum Gasteiger partial charge on any atom is -0.475 e. The molecular formula is C11H16N2O3. The van der Waals surface area contributed by atoms with Crippen molar-refractivity contribution in [1.29, 1.82) is 0 Å². The van der Waals surface area contributed by atoms with Gasteiger partial charge in [-0.2, -0.15) is 0 Å². The van der Waals surface area contributed by atoms with E-state index in [2.05, 4.69) is 4.98 Å². The fourth-order valence-electron chi connectivity index (χ4n) is 0.598. The smallest absolute Gasteiger partial charge is 0.373 e. The van der Waals surface area contributed by atoms with E-state index in [1.807, 2.05) is 0 Å². The van der Waals surface area contributed by atoms with Crippen LogP contribution in [0.3, 0.4) is 0 Å². The zero-order chi connectivity index (χ0) is 23.3. The summed E-state index contributed by atoms with van der Waals surface area (Å²) in [6.07, 6.45) is -7.13. The van der Waals surface area contributed by atoms with Crippen LogP contribution in [-0.2, 0) is 9.59 Å². The number of aromatic amines is 1. The highest BCUT2D eigenvalue weighted by molar-refractivity contribution is 6.33. The molecule has 2 rings (SSSR count). The number of rotatable bonds is 3. The van der Waals surface area contributed by atoms with E-state index >= 15 is 0 Å². The number of aromatic nitrogens is 1. The third-order valence-electron chi connectivity index (χ3n) is 1.18. The molecule has 0 bridgehead atoms. The standard InChI is InChI=1S/C7H11NO3.C4H5N/c9-6(7(10)11)5-8-3-1-2-4-8;1-2-4-5-3-1/h1-5H2,(H,10,11);1-5H/i1D2,2D2,3D2,4D2,5D,6+1,7+1;1D,2D,3D,4D. The number of carboxylic acid groups (broad SMARTS) is 1. The Bertz CT molecular complexity index is 773. The quantitative estimate of drug-likeness (QED) is 0.603. The fraction of sp³-hybridized carbons (Fsp3) is 0.455. The van der Waals surface area contributed by atoms with E-state index in [0.29, 0.717) is 0 Å². The van der Waals surface area contributed by atoms with Gasteiger partial charge in [-0.25, -0.2) is 4.79 Å². The second-order valence-electron chi connectivity index (χ2n) is 2.27. The van der Waals surface area contributed by atoms with E-state index in [1.165, 1.54) is 0 Å². The molecule has 1 aromatic rings. The summed E-state index contributed by atoms with van der Waals surface area (Å²) in [6.45, 7) is -9.40. The number of carboxylic acids is 1. The largest absolute Gasteiger partial charge is 0.475 e. The molecule has 1 aliphatic rings. The van der Waals surface area contributed by atoms with Gasteiger partial charge in [0, 0.05) is 23.3 Å². The van der Waals surface area contributed by atoms with Crippen molar-refractivity contribution < 1.29 is 32.5 Å². The van der Waals surface area contributed by atoms with Crippen LogP contribution < -0.4 is 0 Å². The van der Waals surface area contributed by atoms with Crippen LogP contribution in [0.4, 0.5) is 0 Å². The number of nitrogens with zero attached hydrogens (tertiary/aromatic N) is 1. The van der Waals surface area contributed by atoms with Gasteiger partial charge in [0.2, 0.25) is 0 Å². The fourth-order valence-corrected chi connectivity index (χ4v) is 0.598. The molecule has 1 aliphatic heterocycles. The first-order chi connectivity index (χ1) is 12.8. The maximum Gasteiger partial charge on any atom is 0.373 e. The summed E-state index contributed by atoms with van der Waals surface area (Å²) in [4.78, 5) is 23.6. The molecule has 88 valence electrons. The van der Waals surface area contributed by atoms with Crippen molar-refractivity contribution in [3.8, 4) is 0 Å². The number of carbonyl (C=O) groups excluding carboxylic acids is 1. The first kappa shape index (κ1) is 3.43. The van der Waals surface area contributed by atoms with Crippen molar-refractivity contribution in [2.45, 2.75) is 12.7 Å². The summed E-state index contributed by atoms with van der Waals surface area (Å²) in [5, 5.41) is 8.48. The Hall–Kier alpha value is -1.62. The second-order valence-corrected chi connectivity index (χ2v) is 2.27. The third kappa shape index (κ3) is 4.75. The van der Waals surface area contributed by atoms with Crippen LogP contribution in [0.25, 0.3) is 0 Å². The van der Waals surface area contributed by atoms with Gasteiger partial charge in [-0.15, -0.1) is 0 Å². The number of hydrogen-bond donors (Lipinski definition) is 2. The Morgan fingerprint density at radius 3 is 2.38 bits per heavy atom. The third-order valence-corrected chi connectivity index (χ3v) is 1.18. The maximum atomic E-state index is 11.2. The molecule has 2 heterocycles. The van der Waals surface area contributed by atoms with Gasteiger partial charge in [-0.1, -0.05) is 0 Å². The van der Waals surface area contributed by atoms with Crippen LogP contribution >= 0.6 is 0 Å². The molecule has 2 N–H and O–H groups in total. The van der Waals surface area contributed by atoms with Crippen molar-refractivity contribution >= 4 is 11.8 Å². The van der Waals surface area contributed by atoms with E-state index < -0.39 is 44.0 Å². The minimum atomic E-state index is -3.40. The first-order valence-corrected chi connectivity index (χ1v) is 3.88. The Kier molecular flexibility index (Phi) is 1.46. The Morgan fingerprint density at radius 2 is 2.00 bits per heavy atom. The van der Waals surface area contributed by atoms with Crippen molar-refractivity contribution in [3.63, 3.8) is 0 Å². The lowest BCUT2D eigenvalue weighted by atomic mass is 10.4. The van der Waals surface area contributed by atoms with E-state index in [-0.39, 0.29) is 29.3 Å². The van der Waals surface area contributed by atoms with E-state index in [4.69, 9.17) is 22.9 Å². The number of hydrogen-bond acceptors (Lipinski definition) is 3. The Balaban J connectivity index is 0.000000387. The minimum absolute atomic E-state index is 0.162. The van der Waals surface area contributed by atoms with Crippen molar-refractivity contribution in [2.75, 3.05) is 19.5 Å². The summed E-state index contributed by atoms with van der Waals surface area (Å²) in [6, 6.07) is -0.417. The van der Waals surface area contributed by atoms with Gasteiger partial charge < -0.3 is 10.1 Å². The summed E-state index contributed by atoms with van der Waals surface area (Å²) in [5.41, 5.74) is 0. The molecule has 0 amide bonds. The molecule has 1 atom stereocenters. The maximum absolute atomic E-state index is 11.2. The van der Waals surface area contributed by atoms with Crippen molar-refractivity contribution in [1.82, 2.24) is 9.88 Å². The van der Waals surface area contributed by atoms with E-state index in [1.54, 1.807) is 0 Å². The molecule has 0 radical (unpaired) electrons. The van der Waals surface area contributed by atoms with Crippen molar-refractivity contribution in [3.05, 3.63) is 24.4 Å². The lowest BCUT2D eigenvalue weighted by molar-refractivity contribution is -0.149. The van der Waals surface area contributed by atoms with Gasteiger partial charge in [-0.3, -0.25) is 9.69 Å². The molecule has 0 spiro atoms. The number of carbonyl (C=O) groups is 2. The molecule has 16 heavy (non-hydrogen) atoms. The summed E-state index contributed by atoms with van der Waals surface area (Å²) < 4.78 is 94.7. The van der Waals surface area contributed by atoms with Gasteiger partial charge >= 0.3 is 5.97 Å². The molecular weight excluding hydrogens is 210 g/mol. The van der Waals surface area contributed by atoms with Crippen LogP contribution in [0.1, 0.15) is 30.6 Å². The predicted octanol–water partition coefficient (Wildman–Crippen LogP) is 0.751. The van der Waals surface area contributed by atoms with Gasteiger partial charge in [0.15, 0.2) is 0 Å². The molecule has 0 aliphatic carbocycles. The molecule has 1 fully saturated rings. The highest BCUT2D eigenvalue weighted by atomic mass is 16.5. The molecule has 5 heteroatoms. The lowest BCUT2D eigenvalue weighted by Crippen LogP contribution is -2.31. The number of ketones is 1. The lowest BCUT2D eigenvalue weighted by Gasteiger charge is -2.10. The number of nitrogens with one attached hydrogen (secondary N) is 1. The molecule has 0 saturated carbocycles. The molecule has 1 aromatic heterocycles. The van der Waals surface area contributed by atoms with Crippen molar-refractivity contribution in [2.24, 2.45) is 0 Å². The average molecular weight is 239 g/mol. The molecule has 1 saturated heterocycles. The topological polar surface area (TPSA) is 73.4 Å². The van der Waals surface area contributed by atoms with Crippen LogP contribution in [0.5, 0.6) is 0 Å². The highest BCUT2D eigenvalue weighted by Gasteiger charge is 2.18. The zero-order valence-electron chi connectivity index (χ0n) is 20.8. The highest BCUT2D eigenvalue weighted by Crippen LogP contribution is 2.05. The number of aliphatic carboxylic acids is 1. The number of Topliss-reactive ketones (excluding diaryl/α,β-unsaturated/α-hetero) is 1. The monoisotopic (exact) mass is 239 g/mol. The Labute approximate surface area is 112 Å². The van der Waals surface area contributed by atoms with E-state index in [9.17, 15) is 9.59 Å². The van der Waals surface area contributed by atoms with Crippen LogP contribution in [-0.4, -0.2) is 46.3 Å². The SMILES string of the molecule is [2H]C([13C](=O)[13C](=O)O)N1C([2H])([2H])C([2H])([2H])C([2H])([2H])C1([2H])[2H].[2H]c1[nH]c([2H])c([2H])c1[2H]. The van der Waals surface area contributed by atoms with Crippen LogP contribution in [0, 0.1) is 0 Å². The first-order valence-electron chi connectivity index (χ1n) is 10.5. The number of H-pyrrole nitrogens is 1. The Morgan fingerprint density at radius 1 is 1.44 bits per heavy atom. The van der Waals surface area contributed by atoms with Gasteiger partial charge in [0.05, 0.1) is 13.4 Å². The molecule has 0 aromatic carbocycles. The normalized spacial score (nSPS) is 41.6. The van der Waals surface area contributed by atoms with Crippen LogP contribution in [0.2, 0.25) is 0 Å². The predicted molar refractivity (Wildman–Crippen MR) is 59.1 cm³/mol. The van der Waals surface area contributed by atoms with E-state index in [0.717, 1.165) is 0 Å². The number of likely N-dealkylation sites (tertiary alicyclic amines) is 1. The zero-order valence-corrected chi connectivity index (χ0v) is 7.79. The van der Waals surface area contributed by atoms with Gasteiger partial charge in [-0.05, 0) is 37.8 Å². The van der Waals surface area contributed by atoms with Crippen LogP contribution in [0.15, 0.2) is 24.4 Å². The summed E-state index contributed by atoms with van der Waals surface area (Å²) >= 11 is 0. The summed E-state index contributed by atoms with van der Waals surface area (Å²) in [5.74, 6) is -4.00. The van der Waals surface area contributed by atoms with Gasteiger partial charge in [0.25, 0.3) is 5.78 Å². The van der Waals surface area contributed by atoms with Gasteiger partial charge in [0.1, 0.15) is 0 Å². The molecule has 5 nitrogen and oxygen atoms in total. The summed E-state index contributed by atoms with van der Waals surface area (Å²) in [7, 11) is 0. The molecule has 1 unspecified atom stereocenters.